The number of hydrogen-bond acceptors (Lipinski definition) is 2. The van der Waals surface area contributed by atoms with Gasteiger partial charge in [-0.3, -0.25) is 0 Å². The smallest absolute Gasteiger partial charge is 0.315 e. The van der Waals surface area contributed by atoms with Crippen LogP contribution >= 0.6 is 0 Å². The van der Waals surface area contributed by atoms with Crippen molar-refractivity contribution in [2.75, 3.05) is 20.6 Å². The van der Waals surface area contributed by atoms with Crippen LogP contribution in [-0.4, -0.2) is 31.6 Å². The van der Waals surface area contributed by atoms with Crippen LogP contribution in [0.5, 0.6) is 0 Å². The summed E-state index contributed by atoms with van der Waals surface area (Å²) < 4.78 is 0. The van der Waals surface area contributed by atoms with Crippen molar-refractivity contribution in [3.8, 4) is 0 Å². The Hall–Kier alpha value is -2.33. The summed E-state index contributed by atoms with van der Waals surface area (Å²) in [4.78, 5) is 14.2. The van der Waals surface area contributed by atoms with Gasteiger partial charge in [-0.05, 0) is 37.2 Å². The van der Waals surface area contributed by atoms with Crippen molar-refractivity contribution >= 4 is 6.03 Å². The minimum absolute atomic E-state index is 0.143. The van der Waals surface area contributed by atoms with Crippen LogP contribution in [0.2, 0.25) is 0 Å². The molecule has 0 saturated heterocycles. The van der Waals surface area contributed by atoms with Gasteiger partial charge in [0, 0.05) is 13.1 Å². The SMILES string of the molecule is CCc1ccc(C(CNC(=O)NCc2ccccc2)N(C)C)cc1. The monoisotopic (exact) mass is 325 g/mol. The van der Waals surface area contributed by atoms with Gasteiger partial charge in [-0.25, -0.2) is 4.79 Å². The highest BCUT2D eigenvalue weighted by Gasteiger charge is 2.15. The molecule has 0 aliphatic carbocycles. The first kappa shape index (κ1) is 18.0. The topological polar surface area (TPSA) is 44.4 Å². The van der Waals surface area contributed by atoms with Crippen LogP contribution in [0.3, 0.4) is 0 Å². The third-order valence-corrected chi connectivity index (χ3v) is 4.15. The zero-order valence-corrected chi connectivity index (χ0v) is 14.8. The average molecular weight is 325 g/mol. The molecule has 4 nitrogen and oxygen atoms in total. The molecule has 0 aromatic heterocycles. The van der Waals surface area contributed by atoms with Crippen LogP contribution in [0.1, 0.15) is 29.7 Å². The predicted molar refractivity (Wildman–Crippen MR) is 98.9 cm³/mol. The minimum Gasteiger partial charge on any atom is -0.336 e. The maximum atomic E-state index is 12.0. The van der Waals surface area contributed by atoms with Crippen molar-refractivity contribution < 1.29 is 4.79 Å². The van der Waals surface area contributed by atoms with E-state index >= 15 is 0 Å². The molecule has 0 aliphatic heterocycles. The first-order chi connectivity index (χ1) is 11.6. The largest absolute Gasteiger partial charge is 0.336 e. The number of carbonyl (C=O) groups excluding carboxylic acids is 1. The van der Waals surface area contributed by atoms with E-state index in [9.17, 15) is 4.79 Å². The van der Waals surface area contributed by atoms with Crippen molar-refractivity contribution in [3.63, 3.8) is 0 Å². The van der Waals surface area contributed by atoms with E-state index in [0.29, 0.717) is 13.1 Å². The quantitative estimate of drug-likeness (QED) is 0.820. The van der Waals surface area contributed by atoms with Crippen LogP contribution < -0.4 is 10.6 Å². The second-order valence-electron chi connectivity index (χ2n) is 6.12. The molecule has 1 unspecified atom stereocenters. The average Bonchev–Trinajstić information content (AvgIpc) is 2.61. The Bertz CT molecular complexity index is 623. The minimum atomic E-state index is -0.143. The summed E-state index contributed by atoms with van der Waals surface area (Å²) in [7, 11) is 4.06. The Morgan fingerprint density at radius 1 is 0.958 bits per heavy atom. The van der Waals surface area contributed by atoms with Crippen molar-refractivity contribution in [2.45, 2.75) is 25.9 Å². The van der Waals surface area contributed by atoms with Gasteiger partial charge in [0.25, 0.3) is 0 Å². The molecular formula is C20H27N3O. The van der Waals surface area contributed by atoms with Crippen LogP contribution in [-0.2, 0) is 13.0 Å². The first-order valence-electron chi connectivity index (χ1n) is 8.41. The maximum absolute atomic E-state index is 12.0. The number of nitrogens with zero attached hydrogens (tertiary/aromatic N) is 1. The Kier molecular flexibility index (Phi) is 6.82. The second-order valence-corrected chi connectivity index (χ2v) is 6.12. The Morgan fingerprint density at radius 2 is 1.62 bits per heavy atom. The number of likely N-dealkylation sites (N-methyl/N-ethyl adjacent to an activating group) is 1. The Balaban J connectivity index is 1.87. The molecule has 2 aromatic rings. The molecule has 0 aliphatic rings. The van der Waals surface area contributed by atoms with E-state index in [0.717, 1.165) is 12.0 Å². The predicted octanol–water partition coefficient (Wildman–Crippen LogP) is 3.35. The molecule has 2 N–H and O–H groups in total. The molecule has 128 valence electrons. The van der Waals surface area contributed by atoms with Gasteiger partial charge in [0.1, 0.15) is 0 Å². The molecule has 1 atom stereocenters. The normalized spacial score (nSPS) is 12.0. The van der Waals surface area contributed by atoms with E-state index in [1.807, 2.05) is 44.4 Å². The summed E-state index contributed by atoms with van der Waals surface area (Å²) in [6, 6.07) is 18.5. The summed E-state index contributed by atoms with van der Waals surface area (Å²) in [5, 5.41) is 5.86. The number of urea groups is 1. The molecule has 2 aromatic carbocycles. The molecular weight excluding hydrogens is 298 g/mol. The summed E-state index contributed by atoms with van der Waals surface area (Å²) >= 11 is 0. The Labute approximate surface area is 144 Å². The van der Waals surface area contributed by atoms with E-state index in [1.165, 1.54) is 11.1 Å². The lowest BCUT2D eigenvalue weighted by Gasteiger charge is -2.25. The number of aryl methyl sites for hydroxylation is 1. The van der Waals surface area contributed by atoms with Gasteiger partial charge in [0.05, 0.1) is 6.04 Å². The number of amides is 2. The molecule has 0 bridgehead atoms. The van der Waals surface area contributed by atoms with Gasteiger partial charge in [0.2, 0.25) is 0 Å². The van der Waals surface area contributed by atoms with Gasteiger partial charge in [-0.1, -0.05) is 61.5 Å². The molecule has 0 radical (unpaired) electrons. The van der Waals surface area contributed by atoms with Gasteiger partial charge in [-0.15, -0.1) is 0 Å². The molecule has 0 saturated carbocycles. The van der Waals surface area contributed by atoms with Gasteiger partial charge < -0.3 is 15.5 Å². The van der Waals surface area contributed by atoms with E-state index in [4.69, 9.17) is 0 Å². The van der Waals surface area contributed by atoms with Gasteiger partial charge in [0.15, 0.2) is 0 Å². The summed E-state index contributed by atoms with van der Waals surface area (Å²) in [6.45, 7) is 3.25. The molecule has 2 amide bonds. The van der Waals surface area contributed by atoms with E-state index in [2.05, 4.69) is 46.7 Å². The highest BCUT2D eigenvalue weighted by Crippen LogP contribution is 2.18. The van der Waals surface area contributed by atoms with Gasteiger partial charge >= 0.3 is 6.03 Å². The fourth-order valence-corrected chi connectivity index (χ4v) is 2.60. The zero-order chi connectivity index (χ0) is 17.4. The van der Waals surface area contributed by atoms with Crippen LogP contribution in [0.25, 0.3) is 0 Å². The molecule has 2 rings (SSSR count). The van der Waals surface area contributed by atoms with Crippen molar-refractivity contribution in [2.24, 2.45) is 0 Å². The van der Waals surface area contributed by atoms with Crippen LogP contribution in [0.4, 0.5) is 4.79 Å². The van der Waals surface area contributed by atoms with Crippen LogP contribution in [0.15, 0.2) is 54.6 Å². The number of nitrogens with one attached hydrogen (secondary N) is 2. The molecule has 24 heavy (non-hydrogen) atoms. The van der Waals surface area contributed by atoms with Crippen molar-refractivity contribution in [3.05, 3.63) is 71.3 Å². The lowest BCUT2D eigenvalue weighted by atomic mass is 10.0. The molecule has 0 spiro atoms. The number of carbonyl (C=O) groups is 1. The van der Waals surface area contributed by atoms with Crippen LogP contribution in [0, 0.1) is 0 Å². The Morgan fingerprint density at radius 3 is 2.21 bits per heavy atom. The number of rotatable bonds is 7. The van der Waals surface area contributed by atoms with Gasteiger partial charge in [-0.2, -0.15) is 0 Å². The first-order valence-corrected chi connectivity index (χ1v) is 8.41. The highest BCUT2D eigenvalue weighted by atomic mass is 16.2. The standard InChI is InChI=1S/C20H27N3O/c1-4-16-10-12-18(13-11-16)19(23(2)3)15-22-20(24)21-14-17-8-6-5-7-9-17/h5-13,19H,4,14-15H2,1-3H3,(H2,21,22,24). The number of hydrogen-bond donors (Lipinski definition) is 2. The van der Waals surface area contributed by atoms with E-state index < -0.39 is 0 Å². The molecule has 0 heterocycles. The molecule has 4 heteroatoms. The lowest BCUT2D eigenvalue weighted by Crippen LogP contribution is -2.40. The summed E-state index contributed by atoms with van der Waals surface area (Å²) in [6.07, 6.45) is 1.03. The maximum Gasteiger partial charge on any atom is 0.315 e. The third kappa shape index (κ3) is 5.39. The van der Waals surface area contributed by atoms with Crippen molar-refractivity contribution in [1.82, 2.24) is 15.5 Å². The molecule has 0 fully saturated rings. The third-order valence-electron chi connectivity index (χ3n) is 4.15. The fourth-order valence-electron chi connectivity index (χ4n) is 2.60. The fraction of sp³-hybridized carbons (Fsp3) is 0.350. The van der Waals surface area contributed by atoms with Crippen molar-refractivity contribution in [1.29, 1.82) is 0 Å². The number of benzene rings is 2. The van der Waals surface area contributed by atoms with E-state index in [1.54, 1.807) is 0 Å². The lowest BCUT2D eigenvalue weighted by molar-refractivity contribution is 0.232. The zero-order valence-electron chi connectivity index (χ0n) is 14.8. The summed E-state index contributed by atoms with van der Waals surface area (Å²) in [5.41, 5.74) is 3.62. The summed E-state index contributed by atoms with van der Waals surface area (Å²) in [5.74, 6) is 0. The van der Waals surface area contributed by atoms with E-state index in [-0.39, 0.29) is 12.1 Å². The second kappa shape index (κ2) is 9.08. The highest BCUT2D eigenvalue weighted by molar-refractivity contribution is 5.73.